The van der Waals surface area contributed by atoms with E-state index in [9.17, 15) is 9.59 Å². The number of oxazole rings is 1. The number of ether oxygens (including phenoxy) is 3. The number of anilines is 1. The van der Waals surface area contributed by atoms with Gasteiger partial charge in [0.1, 0.15) is 12.4 Å². The van der Waals surface area contributed by atoms with Crippen LogP contribution in [-0.4, -0.2) is 55.5 Å². The first-order chi connectivity index (χ1) is 15.0. The van der Waals surface area contributed by atoms with Crippen molar-refractivity contribution in [3.05, 3.63) is 47.3 Å². The maximum absolute atomic E-state index is 12.3. The van der Waals surface area contributed by atoms with Gasteiger partial charge >= 0.3 is 12.1 Å². The minimum Gasteiger partial charge on any atom is -0.461 e. The molecule has 1 fully saturated rings. The van der Waals surface area contributed by atoms with Gasteiger partial charge in [0.05, 0.1) is 25.3 Å². The summed E-state index contributed by atoms with van der Waals surface area (Å²) in [5.41, 5.74) is 1.10. The summed E-state index contributed by atoms with van der Waals surface area (Å²) in [5.74, 6) is -0.0970. The second-order valence-electron chi connectivity index (χ2n) is 7.16. The molecule has 1 aliphatic heterocycles. The topological polar surface area (TPSA) is 103 Å². The predicted molar refractivity (Wildman–Crippen MR) is 113 cm³/mol. The van der Waals surface area contributed by atoms with Crippen molar-refractivity contribution in [2.24, 2.45) is 0 Å². The van der Waals surface area contributed by atoms with Crippen LogP contribution >= 0.6 is 0 Å². The Labute approximate surface area is 181 Å². The summed E-state index contributed by atoms with van der Waals surface area (Å²) in [6, 6.07) is 9.64. The molecule has 0 spiro atoms. The Morgan fingerprint density at radius 1 is 1.19 bits per heavy atom. The molecule has 9 nitrogen and oxygen atoms in total. The molecule has 0 radical (unpaired) electrons. The van der Waals surface area contributed by atoms with Crippen molar-refractivity contribution < 1.29 is 28.2 Å². The second kappa shape index (κ2) is 10.8. The highest BCUT2D eigenvalue weighted by molar-refractivity contribution is 5.88. The van der Waals surface area contributed by atoms with Crippen LogP contribution < -0.4 is 10.2 Å². The molecule has 1 amide bonds. The van der Waals surface area contributed by atoms with Gasteiger partial charge in [-0.25, -0.2) is 9.59 Å². The molecule has 0 aliphatic carbocycles. The third-order valence-corrected chi connectivity index (χ3v) is 4.98. The first kappa shape index (κ1) is 22.6. The third kappa shape index (κ3) is 5.97. The van der Waals surface area contributed by atoms with E-state index in [0.717, 1.165) is 5.56 Å². The Bertz CT molecular complexity index is 869. The largest absolute Gasteiger partial charge is 0.461 e. The van der Waals surface area contributed by atoms with Gasteiger partial charge in [-0.3, -0.25) is 0 Å². The van der Waals surface area contributed by atoms with Crippen LogP contribution in [0.4, 0.5) is 10.8 Å². The molecule has 0 saturated carbocycles. The van der Waals surface area contributed by atoms with Gasteiger partial charge in [0, 0.05) is 13.2 Å². The molecule has 2 unspecified atom stereocenters. The third-order valence-electron chi connectivity index (χ3n) is 4.98. The van der Waals surface area contributed by atoms with E-state index in [1.165, 1.54) is 0 Å². The highest BCUT2D eigenvalue weighted by atomic mass is 16.6. The van der Waals surface area contributed by atoms with Gasteiger partial charge in [0.2, 0.25) is 0 Å². The van der Waals surface area contributed by atoms with Crippen LogP contribution in [0.2, 0.25) is 0 Å². The van der Waals surface area contributed by atoms with Crippen molar-refractivity contribution in [2.45, 2.75) is 45.9 Å². The van der Waals surface area contributed by atoms with Crippen molar-refractivity contribution >= 4 is 18.1 Å². The van der Waals surface area contributed by atoms with Crippen LogP contribution in [0.5, 0.6) is 0 Å². The molecular weight excluding hydrogens is 402 g/mol. The molecule has 31 heavy (non-hydrogen) atoms. The Morgan fingerprint density at radius 2 is 1.97 bits per heavy atom. The van der Waals surface area contributed by atoms with E-state index < -0.39 is 12.1 Å². The lowest BCUT2D eigenvalue weighted by atomic mass is 10.0. The first-order valence-corrected chi connectivity index (χ1v) is 10.5. The Kier molecular flexibility index (Phi) is 7.88. The molecular formula is C22H29N3O6. The highest BCUT2D eigenvalue weighted by Crippen LogP contribution is 2.24. The number of esters is 1. The number of aryl methyl sites for hydroxylation is 1. The van der Waals surface area contributed by atoms with Crippen LogP contribution in [0, 0.1) is 6.92 Å². The molecule has 2 aromatic rings. The summed E-state index contributed by atoms with van der Waals surface area (Å²) in [6.07, 6.45) is -0.147. The molecule has 9 heteroatoms. The maximum atomic E-state index is 12.3. The quantitative estimate of drug-likeness (QED) is 0.636. The molecule has 2 atom stereocenters. The number of alkyl carbamates (subject to hydrolysis) is 1. The predicted octanol–water partition coefficient (Wildman–Crippen LogP) is 3.07. The lowest BCUT2D eigenvalue weighted by molar-refractivity contribution is 0.0252. The number of hydrogen-bond donors (Lipinski definition) is 1. The number of piperidine rings is 1. The zero-order valence-corrected chi connectivity index (χ0v) is 18.1. The average Bonchev–Trinajstić information content (AvgIpc) is 3.16. The second-order valence-corrected chi connectivity index (χ2v) is 7.16. The minimum atomic E-state index is -0.505. The molecule has 1 saturated heterocycles. The molecule has 168 valence electrons. The SMILES string of the molecule is CCOC(=O)c1nc(N2CCC(NC(=O)OCc3ccccc3)C(OCC)C2)oc1C. The summed E-state index contributed by atoms with van der Waals surface area (Å²) in [4.78, 5) is 30.5. The summed E-state index contributed by atoms with van der Waals surface area (Å²) in [6.45, 7) is 7.33. The number of nitrogens with zero attached hydrogens (tertiary/aromatic N) is 2. The standard InChI is InChI=1S/C22H29N3O6/c1-4-28-18-13-25(21-24-19(15(3)31-21)20(26)29-5-2)12-11-17(18)23-22(27)30-14-16-9-7-6-8-10-16/h6-10,17-18H,4-5,11-14H2,1-3H3,(H,23,27). The fourth-order valence-electron chi connectivity index (χ4n) is 3.46. The smallest absolute Gasteiger partial charge is 0.407 e. The zero-order chi connectivity index (χ0) is 22.2. The maximum Gasteiger partial charge on any atom is 0.407 e. The molecule has 0 bridgehead atoms. The first-order valence-electron chi connectivity index (χ1n) is 10.5. The number of amides is 1. The van der Waals surface area contributed by atoms with E-state index in [1.807, 2.05) is 42.2 Å². The van der Waals surface area contributed by atoms with Crippen LogP contribution in [0.3, 0.4) is 0 Å². The molecule has 1 N–H and O–H groups in total. The molecule has 3 rings (SSSR count). The van der Waals surface area contributed by atoms with E-state index in [-0.39, 0.29) is 31.1 Å². The Morgan fingerprint density at radius 3 is 2.68 bits per heavy atom. The Balaban J connectivity index is 1.59. The summed E-state index contributed by atoms with van der Waals surface area (Å²) < 4.78 is 21.9. The normalized spacial score (nSPS) is 18.5. The van der Waals surface area contributed by atoms with E-state index >= 15 is 0 Å². The number of hydrogen-bond acceptors (Lipinski definition) is 8. The number of carbonyl (C=O) groups is 2. The summed E-state index contributed by atoms with van der Waals surface area (Å²) >= 11 is 0. The number of aromatic nitrogens is 1. The van der Waals surface area contributed by atoms with Crippen LogP contribution in [0.25, 0.3) is 0 Å². The van der Waals surface area contributed by atoms with E-state index in [4.69, 9.17) is 18.6 Å². The summed E-state index contributed by atoms with van der Waals surface area (Å²) in [5, 5.41) is 2.91. The van der Waals surface area contributed by atoms with Gasteiger partial charge in [-0.2, -0.15) is 4.98 Å². The van der Waals surface area contributed by atoms with E-state index in [1.54, 1.807) is 13.8 Å². The molecule has 1 aliphatic rings. The van der Waals surface area contributed by atoms with Gasteiger partial charge in [0.25, 0.3) is 6.01 Å². The number of carbonyl (C=O) groups excluding carboxylic acids is 2. The van der Waals surface area contributed by atoms with Gasteiger partial charge in [-0.05, 0) is 32.8 Å². The fourth-order valence-corrected chi connectivity index (χ4v) is 3.46. The van der Waals surface area contributed by atoms with Crippen molar-refractivity contribution in [3.8, 4) is 0 Å². The Hall–Kier alpha value is -3.07. The van der Waals surface area contributed by atoms with Crippen molar-refractivity contribution in [1.29, 1.82) is 0 Å². The fraction of sp³-hybridized carbons (Fsp3) is 0.500. The number of rotatable bonds is 8. The number of benzene rings is 1. The van der Waals surface area contributed by atoms with Crippen LogP contribution in [0.1, 0.15) is 42.1 Å². The van der Waals surface area contributed by atoms with Gasteiger partial charge in [-0.1, -0.05) is 30.3 Å². The lowest BCUT2D eigenvalue weighted by Gasteiger charge is -2.37. The lowest BCUT2D eigenvalue weighted by Crippen LogP contribution is -2.55. The minimum absolute atomic E-state index is 0.176. The van der Waals surface area contributed by atoms with Gasteiger partial charge in [-0.15, -0.1) is 0 Å². The zero-order valence-electron chi connectivity index (χ0n) is 18.1. The van der Waals surface area contributed by atoms with Crippen LogP contribution in [-0.2, 0) is 20.8 Å². The van der Waals surface area contributed by atoms with Crippen molar-refractivity contribution in [2.75, 3.05) is 31.2 Å². The van der Waals surface area contributed by atoms with Crippen molar-refractivity contribution in [3.63, 3.8) is 0 Å². The molecule has 1 aromatic carbocycles. The highest BCUT2D eigenvalue weighted by Gasteiger charge is 2.34. The number of nitrogens with one attached hydrogen (secondary N) is 1. The molecule has 2 heterocycles. The van der Waals surface area contributed by atoms with E-state index in [2.05, 4.69) is 10.3 Å². The monoisotopic (exact) mass is 431 g/mol. The van der Waals surface area contributed by atoms with Gasteiger partial charge in [0.15, 0.2) is 5.69 Å². The summed E-state index contributed by atoms with van der Waals surface area (Å²) in [7, 11) is 0. The van der Waals surface area contributed by atoms with Gasteiger partial charge < -0.3 is 28.8 Å². The average molecular weight is 431 g/mol. The van der Waals surface area contributed by atoms with Crippen LogP contribution in [0.15, 0.2) is 34.7 Å². The van der Waals surface area contributed by atoms with Crippen molar-refractivity contribution in [1.82, 2.24) is 10.3 Å². The van der Waals surface area contributed by atoms with E-state index in [0.29, 0.717) is 37.9 Å². The molecule has 1 aromatic heterocycles.